The van der Waals surface area contributed by atoms with Crippen LogP contribution in [0.4, 0.5) is 0 Å². The summed E-state index contributed by atoms with van der Waals surface area (Å²) in [6.45, 7) is 5.32. The minimum absolute atomic E-state index is 0.649. The van der Waals surface area contributed by atoms with Crippen molar-refractivity contribution >= 4 is 15.9 Å². The highest BCUT2D eigenvalue weighted by atomic mass is 79.9. The third kappa shape index (κ3) is 5.73. The lowest BCUT2D eigenvalue weighted by Crippen LogP contribution is -2.11. The predicted molar refractivity (Wildman–Crippen MR) is 129 cm³/mol. The van der Waals surface area contributed by atoms with Gasteiger partial charge in [0.1, 0.15) is 5.75 Å². The maximum Gasteiger partial charge on any atom is 0.119 e. The minimum Gasteiger partial charge on any atom is -0.493 e. The Morgan fingerprint density at radius 2 is 1.45 bits per heavy atom. The molecule has 0 spiro atoms. The van der Waals surface area contributed by atoms with Crippen molar-refractivity contribution in [1.29, 1.82) is 0 Å². The van der Waals surface area contributed by atoms with Crippen LogP contribution in [0, 0.1) is 5.92 Å². The number of halogens is 1. The number of rotatable bonds is 10. The molecule has 0 amide bonds. The van der Waals surface area contributed by atoms with Crippen molar-refractivity contribution in [3.63, 3.8) is 0 Å². The summed E-state index contributed by atoms with van der Waals surface area (Å²) in [7, 11) is 0. The molecular weight excluding hydrogens is 420 g/mol. The summed E-state index contributed by atoms with van der Waals surface area (Å²) >= 11 is 3.63. The fourth-order valence-corrected chi connectivity index (χ4v) is 4.20. The molecular formula is C27H31BrO. The molecule has 1 unspecified atom stereocenters. The highest BCUT2D eigenvalue weighted by Crippen LogP contribution is 2.35. The van der Waals surface area contributed by atoms with E-state index in [0.717, 1.165) is 17.7 Å². The fraction of sp³-hybridized carbons (Fsp3) is 0.333. The van der Waals surface area contributed by atoms with Gasteiger partial charge in [-0.3, -0.25) is 0 Å². The number of alkyl halides is 1. The lowest BCUT2D eigenvalue weighted by molar-refractivity contribution is 0.233. The summed E-state index contributed by atoms with van der Waals surface area (Å²) in [4.78, 5) is 0. The van der Waals surface area contributed by atoms with Crippen LogP contribution in [0.25, 0.3) is 22.3 Å². The molecule has 2 heteroatoms. The van der Waals surface area contributed by atoms with Crippen LogP contribution in [0.2, 0.25) is 0 Å². The molecule has 29 heavy (non-hydrogen) atoms. The van der Waals surface area contributed by atoms with E-state index in [1.165, 1.54) is 53.5 Å². The Labute approximate surface area is 184 Å². The molecule has 0 aliphatic heterocycles. The second-order valence-electron chi connectivity index (χ2n) is 7.59. The SMILES string of the molecule is CCCCC(CC)COc1ccc(-c2ccccc2-c2ccccc2CBr)cc1. The largest absolute Gasteiger partial charge is 0.493 e. The van der Waals surface area contributed by atoms with Crippen LogP contribution < -0.4 is 4.74 Å². The normalized spacial score (nSPS) is 12.0. The molecule has 0 aromatic heterocycles. The second kappa shape index (κ2) is 11.2. The van der Waals surface area contributed by atoms with Gasteiger partial charge in [0, 0.05) is 5.33 Å². The molecule has 0 fully saturated rings. The third-order valence-electron chi connectivity index (χ3n) is 5.57. The second-order valence-corrected chi connectivity index (χ2v) is 8.15. The van der Waals surface area contributed by atoms with Gasteiger partial charge in [-0.15, -0.1) is 0 Å². The van der Waals surface area contributed by atoms with E-state index in [4.69, 9.17) is 4.74 Å². The van der Waals surface area contributed by atoms with Crippen LogP contribution in [-0.4, -0.2) is 6.61 Å². The first-order valence-electron chi connectivity index (χ1n) is 10.7. The van der Waals surface area contributed by atoms with Crippen molar-refractivity contribution in [3.05, 3.63) is 78.4 Å². The molecule has 0 N–H and O–H groups in total. The average molecular weight is 451 g/mol. The molecule has 1 nitrogen and oxygen atoms in total. The van der Waals surface area contributed by atoms with Crippen LogP contribution in [0.5, 0.6) is 5.75 Å². The van der Waals surface area contributed by atoms with E-state index in [9.17, 15) is 0 Å². The van der Waals surface area contributed by atoms with Gasteiger partial charge >= 0.3 is 0 Å². The Kier molecular flexibility index (Phi) is 8.37. The molecule has 0 saturated carbocycles. The van der Waals surface area contributed by atoms with Crippen molar-refractivity contribution in [2.75, 3.05) is 6.61 Å². The Bertz CT molecular complexity index is 885. The van der Waals surface area contributed by atoms with Gasteiger partial charge in [0.05, 0.1) is 6.61 Å². The van der Waals surface area contributed by atoms with Crippen LogP contribution in [0.15, 0.2) is 72.8 Å². The number of hydrogen-bond acceptors (Lipinski definition) is 1. The van der Waals surface area contributed by atoms with E-state index in [1.54, 1.807) is 0 Å². The minimum atomic E-state index is 0.649. The van der Waals surface area contributed by atoms with E-state index in [1.807, 2.05) is 0 Å². The highest BCUT2D eigenvalue weighted by molar-refractivity contribution is 9.08. The predicted octanol–water partition coefficient (Wildman–Crippen LogP) is 8.51. The van der Waals surface area contributed by atoms with Gasteiger partial charge in [-0.05, 0) is 52.3 Å². The molecule has 0 bridgehead atoms. The zero-order valence-electron chi connectivity index (χ0n) is 17.5. The number of ether oxygens (including phenoxy) is 1. The highest BCUT2D eigenvalue weighted by Gasteiger charge is 2.11. The lowest BCUT2D eigenvalue weighted by Gasteiger charge is -2.16. The Morgan fingerprint density at radius 3 is 2.10 bits per heavy atom. The standard InChI is InChI=1S/C27H31BrO/c1-3-5-10-21(4-2)20-29-24-17-15-22(16-18-24)25-12-8-9-14-27(25)26-13-7-6-11-23(26)19-28/h6-9,11-18,21H,3-5,10,19-20H2,1-2H3. The van der Waals surface area contributed by atoms with Crippen molar-refractivity contribution < 1.29 is 4.74 Å². The van der Waals surface area contributed by atoms with Crippen molar-refractivity contribution in [3.8, 4) is 28.0 Å². The summed E-state index contributed by atoms with van der Waals surface area (Å²) in [5, 5.41) is 0.848. The Morgan fingerprint density at radius 1 is 0.793 bits per heavy atom. The zero-order chi connectivity index (χ0) is 20.5. The molecule has 0 heterocycles. The Hall–Kier alpha value is -2.06. The molecule has 1 atom stereocenters. The molecule has 3 aromatic carbocycles. The molecule has 0 aliphatic carbocycles. The molecule has 0 radical (unpaired) electrons. The van der Waals surface area contributed by atoms with Crippen molar-refractivity contribution in [2.45, 2.75) is 44.9 Å². The quantitative estimate of drug-likeness (QED) is 0.281. The van der Waals surface area contributed by atoms with Gasteiger partial charge in [0.15, 0.2) is 0 Å². The summed E-state index contributed by atoms with van der Waals surface area (Å²) in [5.74, 6) is 1.61. The number of hydrogen-bond donors (Lipinski definition) is 0. The molecule has 3 rings (SSSR count). The van der Waals surface area contributed by atoms with Gasteiger partial charge in [0.2, 0.25) is 0 Å². The Balaban J connectivity index is 1.79. The van der Waals surface area contributed by atoms with E-state index < -0.39 is 0 Å². The number of unbranched alkanes of at least 4 members (excludes halogenated alkanes) is 1. The maximum atomic E-state index is 6.09. The average Bonchev–Trinajstić information content (AvgIpc) is 2.79. The maximum absolute atomic E-state index is 6.09. The van der Waals surface area contributed by atoms with Gasteiger partial charge in [-0.25, -0.2) is 0 Å². The van der Waals surface area contributed by atoms with Crippen LogP contribution in [-0.2, 0) is 5.33 Å². The number of benzene rings is 3. The molecule has 0 aliphatic rings. The van der Waals surface area contributed by atoms with Gasteiger partial charge in [-0.1, -0.05) is 110 Å². The summed E-state index contributed by atoms with van der Waals surface area (Å²) in [5.41, 5.74) is 6.32. The van der Waals surface area contributed by atoms with E-state index >= 15 is 0 Å². The van der Waals surface area contributed by atoms with E-state index in [2.05, 4.69) is 103 Å². The third-order valence-corrected chi connectivity index (χ3v) is 6.18. The van der Waals surface area contributed by atoms with Crippen molar-refractivity contribution in [1.82, 2.24) is 0 Å². The van der Waals surface area contributed by atoms with E-state index in [-0.39, 0.29) is 0 Å². The zero-order valence-corrected chi connectivity index (χ0v) is 19.1. The van der Waals surface area contributed by atoms with Gasteiger partial charge in [-0.2, -0.15) is 0 Å². The summed E-state index contributed by atoms with van der Waals surface area (Å²) in [6, 6.07) is 25.8. The van der Waals surface area contributed by atoms with E-state index in [0.29, 0.717) is 5.92 Å². The van der Waals surface area contributed by atoms with Crippen molar-refractivity contribution in [2.24, 2.45) is 5.92 Å². The fourth-order valence-electron chi connectivity index (χ4n) is 3.71. The van der Waals surface area contributed by atoms with Gasteiger partial charge in [0.25, 0.3) is 0 Å². The van der Waals surface area contributed by atoms with Crippen LogP contribution >= 0.6 is 15.9 Å². The monoisotopic (exact) mass is 450 g/mol. The summed E-state index contributed by atoms with van der Waals surface area (Å²) in [6.07, 6.45) is 4.97. The lowest BCUT2D eigenvalue weighted by atomic mass is 9.92. The first-order valence-corrected chi connectivity index (χ1v) is 11.9. The topological polar surface area (TPSA) is 9.23 Å². The first-order chi connectivity index (χ1) is 14.3. The first kappa shape index (κ1) is 21.6. The molecule has 3 aromatic rings. The molecule has 0 saturated heterocycles. The smallest absolute Gasteiger partial charge is 0.119 e. The van der Waals surface area contributed by atoms with Crippen LogP contribution in [0.3, 0.4) is 0 Å². The summed E-state index contributed by atoms with van der Waals surface area (Å²) < 4.78 is 6.09. The van der Waals surface area contributed by atoms with Crippen LogP contribution in [0.1, 0.15) is 45.1 Å². The van der Waals surface area contributed by atoms with Gasteiger partial charge < -0.3 is 4.74 Å². The molecule has 152 valence electrons.